The van der Waals surface area contributed by atoms with E-state index in [9.17, 15) is 0 Å². The summed E-state index contributed by atoms with van der Waals surface area (Å²) in [5.41, 5.74) is 4.87. The maximum absolute atomic E-state index is 5.49. The molecule has 0 aliphatic heterocycles. The maximum atomic E-state index is 5.49. The van der Waals surface area contributed by atoms with Crippen molar-refractivity contribution >= 4 is 10.9 Å². The van der Waals surface area contributed by atoms with Crippen LogP contribution in [-0.4, -0.2) is 11.0 Å². The van der Waals surface area contributed by atoms with E-state index in [1.807, 2.05) is 24.3 Å². The van der Waals surface area contributed by atoms with E-state index in [4.69, 9.17) is 5.84 Å². The first kappa shape index (κ1) is 11.8. The monoisotopic (exact) mass is 227 g/mol. The van der Waals surface area contributed by atoms with Gasteiger partial charge in [-0.3, -0.25) is 16.3 Å². The fraction of sp³-hybridized carbons (Fsp3) is 0.214. The summed E-state index contributed by atoms with van der Waals surface area (Å²) in [7, 11) is 0. The van der Waals surface area contributed by atoms with Crippen LogP contribution in [0.25, 0.3) is 10.9 Å². The largest absolute Gasteiger partial charge is 0.271 e. The lowest BCUT2D eigenvalue weighted by Crippen LogP contribution is -2.36. The molecule has 3 heteroatoms. The SMILES string of the molecule is C=CCC(Cc1ccc2ccccc2n1)NN. The van der Waals surface area contributed by atoms with Crippen molar-refractivity contribution in [2.24, 2.45) is 5.84 Å². The van der Waals surface area contributed by atoms with Crippen LogP contribution in [-0.2, 0) is 6.42 Å². The Hall–Kier alpha value is -1.71. The van der Waals surface area contributed by atoms with E-state index in [0.29, 0.717) is 0 Å². The third kappa shape index (κ3) is 2.90. The van der Waals surface area contributed by atoms with Gasteiger partial charge in [0.25, 0.3) is 0 Å². The third-order valence-electron chi connectivity index (χ3n) is 2.80. The van der Waals surface area contributed by atoms with Gasteiger partial charge < -0.3 is 0 Å². The molecule has 0 aliphatic carbocycles. The number of hydrogen-bond donors (Lipinski definition) is 2. The summed E-state index contributed by atoms with van der Waals surface area (Å²) in [4.78, 5) is 4.62. The summed E-state index contributed by atoms with van der Waals surface area (Å²) in [6, 6.07) is 12.5. The number of pyridine rings is 1. The molecule has 0 bridgehead atoms. The topological polar surface area (TPSA) is 50.9 Å². The van der Waals surface area contributed by atoms with Crippen molar-refractivity contribution < 1.29 is 0 Å². The number of aromatic nitrogens is 1. The van der Waals surface area contributed by atoms with Crippen molar-refractivity contribution in [3.05, 3.63) is 54.7 Å². The number of fused-ring (bicyclic) bond motifs is 1. The van der Waals surface area contributed by atoms with E-state index in [0.717, 1.165) is 29.4 Å². The number of nitrogens with zero attached hydrogens (tertiary/aromatic N) is 1. The number of benzene rings is 1. The molecule has 2 aromatic rings. The number of para-hydroxylation sites is 1. The number of nitrogens with two attached hydrogens (primary N) is 1. The normalized spacial score (nSPS) is 12.5. The zero-order chi connectivity index (χ0) is 12.1. The quantitative estimate of drug-likeness (QED) is 0.467. The average Bonchev–Trinajstić information content (AvgIpc) is 2.38. The van der Waals surface area contributed by atoms with Gasteiger partial charge in [0.1, 0.15) is 0 Å². The molecule has 0 spiro atoms. The molecule has 1 atom stereocenters. The number of hydrogen-bond acceptors (Lipinski definition) is 3. The van der Waals surface area contributed by atoms with Gasteiger partial charge in [-0.25, -0.2) is 0 Å². The maximum Gasteiger partial charge on any atom is 0.0705 e. The van der Waals surface area contributed by atoms with Crippen molar-refractivity contribution in [3.63, 3.8) is 0 Å². The second kappa shape index (κ2) is 5.57. The molecular weight excluding hydrogens is 210 g/mol. The molecule has 1 heterocycles. The van der Waals surface area contributed by atoms with Crippen molar-refractivity contribution in [2.75, 3.05) is 0 Å². The highest BCUT2D eigenvalue weighted by atomic mass is 15.2. The zero-order valence-electron chi connectivity index (χ0n) is 9.76. The predicted octanol–water partition coefficient (Wildman–Crippen LogP) is 2.19. The van der Waals surface area contributed by atoms with Gasteiger partial charge in [0.2, 0.25) is 0 Å². The van der Waals surface area contributed by atoms with Crippen LogP contribution in [0.1, 0.15) is 12.1 Å². The molecule has 0 saturated heterocycles. The molecule has 0 aliphatic rings. The molecule has 1 aromatic carbocycles. The fourth-order valence-electron chi connectivity index (χ4n) is 1.89. The Labute approximate surface area is 101 Å². The first-order valence-corrected chi connectivity index (χ1v) is 5.75. The van der Waals surface area contributed by atoms with E-state index in [-0.39, 0.29) is 6.04 Å². The van der Waals surface area contributed by atoms with Gasteiger partial charge in [-0.1, -0.05) is 30.3 Å². The Kier molecular flexibility index (Phi) is 3.85. The molecule has 2 rings (SSSR count). The van der Waals surface area contributed by atoms with E-state index in [1.54, 1.807) is 0 Å². The summed E-state index contributed by atoms with van der Waals surface area (Å²) in [5, 5.41) is 1.16. The van der Waals surface area contributed by atoms with E-state index in [2.05, 4.69) is 35.2 Å². The minimum atomic E-state index is 0.196. The van der Waals surface area contributed by atoms with Crippen LogP contribution in [0, 0.1) is 0 Å². The Morgan fingerprint density at radius 1 is 1.29 bits per heavy atom. The van der Waals surface area contributed by atoms with Crippen LogP contribution in [0.5, 0.6) is 0 Å². The Balaban J connectivity index is 2.21. The molecule has 3 nitrogen and oxygen atoms in total. The molecule has 88 valence electrons. The van der Waals surface area contributed by atoms with Crippen molar-refractivity contribution in [1.29, 1.82) is 0 Å². The molecular formula is C14H17N3. The highest BCUT2D eigenvalue weighted by Crippen LogP contribution is 2.13. The number of nitrogens with one attached hydrogen (secondary N) is 1. The summed E-state index contributed by atoms with van der Waals surface area (Å²) in [6.07, 6.45) is 3.52. The Morgan fingerprint density at radius 2 is 2.12 bits per heavy atom. The van der Waals surface area contributed by atoms with Gasteiger partial charge in [0.05, 0.1) is 5.52 Å². The highest BCUT2D eigenvalue weighted by molar-refractivity contribution is 5.78. The predicted molar refractivity (Wildman–Crippen MR) is 71.4 cm³/mol. The van der Waals surface area contributed by atoms with Gasteiger partial charge in [-0.05, 0) is 18.6 Å². The standard InChI is InChI=1S/C14H17N3/c1-2-5-13(17-15)10-12-9-8-11-6-3-4-7-14(11)16-12/h2-4,6-9,13,17H,1,5,10,15H2. The summed E-state index contributed by atoms with van der Waals surface area (Å²) in [5.74, 6) is 5.49. The minimum absolute atomic E-state index is 0.196. The van der Waals surface area contributed by atoms with Gasteiger partial charge in [-0.15, -0.1) is 6.58 Å². The zero-order valence-corrected chi connectivity index (χ0v) is 9.76. The second-order valence-electron chi connectivity index (χ2n) is 4.09. The van der Waals surface area contributed by atoms with Crippen LogP contribution in [0.4, 0.5) is 0 Å². The molecule has 0 fully saturated rings. The van der Waals surface area contributed by atoms with Gasteiger partial charge in [0, 0.05) is 23.5 Å². The first-order chi connectivity index (χ1) is 8.33. The van der Waals surface area contributed by atoms with Crippen molar-refractivity contribution in [3.8, 4) is 0 Å². The molecule has 0 saturated carbocycles. The third-order valence-corrected chi connectivity index (χ3v) is 2.80. The Bertz CT molecular complexity index is 508. The minimum Gasteiger partial charge on any atom is -0.271 e. The van der Waals surface area contributed by atoms with Crippen molar-refractivity contribution in [2.45, 2.75) is 18.9 Å². The first-order valence-electron chi connectivity index (χ1n) is 5.75. The molecule has 1 unspecified atom stereocenters. The molecule has 3 N–H and O–H groups in total. The van der Waals surface area contributed by atoms with Gasteiger partial charge in [-0.2, -0.15) is 0 Å². The van der Waals surface area contributed by atoms with E-state index < -0.39 is 0 Å². The number of hydrazine groups is 1. The smallest absolute Gasteiger partial charge is 0.0705 e. The summed E-state index contributed by atoms with van der Waals surface area (Å²) in [6.45, 7) is 3.72. The molecule has 0 amide bonds. The summed E-state index contributed by atoms with van der Waals surface area (Å²) < 4.78 is 0. The van der Waals surface area contributed by atoms with Gasteiger partial charge in [0.15, 0.2) is 0 Å². The summed E-state index contributed by atoms with van der Waals surface area (Å²) >= 11 is 0. The number of rotatable bonds is 5. The molecule has 1 aromatic heterocycles. The Morgan fingerprint density at radius 3 is 2.88 bits per heavy atom. The van der Waals surface area contributed by atoms with Crippen LogP contribution >= 0.6 is 0 Å². The van der Waals surface area contributed by atoms with Crippen LogP contribution in [0.15, 0.2) is 49.1 Å². The van der Waals surface area contributed by atoms with Gasteiger partial charge >= 0.3 is 0 Å². The average molecular weight is 227 g/mol. The fourth-order valence-corrected chi connectivity index (χ4v) is 1.89. The van der Waals surface area contributed by atoms with Crippen LogP contribution in [0.3, 0.4) is 0 Å². The van der Waals surface area contributed by atoms with Crippen LogP contribution in [0.2, 0.25) is 0 Å². The second-order valence-corrected chi connectivity index (χ2v) is 4.09. The van der Waals surface area contributed by atoms with E-state index >= 15 is 0 Å². The lowest BCUT2D eigenvalue weighted by atomic mass is 10.1. The highest BCUT2D eigenvalue weighted by Gasteiger charge is 2.07. The lowest BCUT2D eigenvalue weighted by molar-refractivity contribution is 0.526. The lowest BCUT2D eigenvalue weighted by Gasteiger charge is -2.13. The van der Waals surface area contributed by atoms with E-state index in [1.165, 1.54) is 0 Å². The van der Waals surface area contributed by atoms with Crippen molar-refractivity contribution in [1.82, 2.24) is 10.4 Å². The van der Waals surface area contributed by atoms with Crippen LogP contribution < -0.4 is 11.3 Å². The molecule has 17 heavy (non-hydrogen) atoms. The molecule has 0 radical (unpaired) electrons.